The van der Waals surface area contributed by atoms with Crippen LogP contribution >= 0.6 is 11.3 Å². The monoisotopic (exact) mass is 328 g/mol. The molecule has 0 saturated carbocycles. The molecule has 118 valence electrons. The molecule has 0 aliphatic heterocycles. The van der Waals surface area contributed by atoms with E-state index in [0.29, 0.717) is 24.3 Å². The standard InChI is InChI=1S/C17H16N2O3S/c1-22-14-7-6-11(10-13(14)20)18-16(21)8-9-17-19-12-4-2-3-5-15(12)23-17/h2-7,10,20H,8-9H2,1H3,(H,18,21). The first-order valence-electron chi connectivity index (χ1n) is 7.17. The van der Waals surface area contributed by atoms with E-state index in [2.05, 4.69) is 10.3 Å². The molecule has 3 rings (SSSR count). The summed E-state index contributed by atoms with van der Waals surface area (Å²) in [6, 6.07) is 12.7. The van der Waals surface area contributed by atoms with Crippen molar-refractivity contribution in [3.05, 3.63) is 47.5 Å². The molecule has 2 aromatic carbocycles. The van der Waals surface area contributed by atoms with Gasteiger partial charge >= 0.3 is 0 Å². The molecule has 0 saturated heterocycles. The van der Waals surface area contributed by atoms with Gasteiger partial charge in [0.2, 0.25) is 5.91 Å². The second-order valence-electron chi connectivity index (χ2n) is 5.01. The molecule has 1 heterocycles. The van der Waals surface area contributed by atoms with E-state index in [1.165, 1.54) is 13.2 Å². The number of phenolic OH excluding ortho intramolecular Hbond substituents is 1. The Bertz CT molecular complexity index is 812. The van der Waals surface area contributed by atoms with Crippen molar-refractivity contribution >= 4 is 33.1 Å². The number of aromatic hydroxyl groups is 1. The normalized spacial score (nSPS) is 10.7. The molecular weight excluding hydrogens is 312 g/mol. The first-order chi connectivity index (χ1) is 11.2. The number of methoxy groups -OCH3 is 1. The number of carbonyl (C=O) groups is 1. The van der Waals surface area contributed by atoms with Crippen molar-refractivity contribution < 1.29 is 14.6 Å². The highest BCUT2D eigenvalue weighted by atomic mass is 32.1. The van der Waals surface area contributed by atoms with Gasteiger partial charge in [-0.3, -0.25) is 4.79 Å². The Balaban J connectivity index is 1.60. The molecule has 0 spiro atoms. The lowest BCUT2D eigenvalue weighted by Gasteiger charge is -2.07. The third-order valence-electron chi connectivity index (χ3n) is 3.37. The molecule has 0 bridgehead atoms. The fraction of sp³-hybridized carbons (Fsp3) is 0.176. The Morgan fingerprint density at radius 2 is 2.13 bits per heavy atom. The predicted molar refractivity (Wildman–Crippen MR) is 91.2 cm³/mol. The number of amides is 1. The van der Waals surface area contributed by atoms with Crippen LogP contribution in [0.15, 0.2) is 42.5 Å². The van der Waals surface area contributed by atoms with Crippen molar-refractivity contribution in [1.82, 2.24) is 4.98 Å². The summed E-state index contributed by atoms with van der Waals surface area (Å²) in [7, 11) is 1.48. The molecule has 0 aliphatic carbocycles. The van der Waals surface area contributed by atoms with Crippen molar-refractivity contribution in [1.29, 1.82) is 0 Å². The highest BCUT2D eigenvalue weighted by molar-refractivity contribution is 7.18. The van der Waals surface area contributed by atoms with Gasteiger partial charge in [0.1, 0.15) is 0 Å². The van der Waals surface area contributed by atoms with Gasteiger partial charge in [0, 0.05) is 24.6 Å². The summed E-state index contributed by atoms with van der Waals surface area (Å²) in [6.45, 7) is 0. The fourth-order valence-electron chi connectivity index (χ4n) is 2.24. The van der Waals surface area contributed by atoms with Crippen LogP contribution < -0.4 is 10.1 Å². The van der Waals surface area contributed by atoms with E-state index in [9.17, 15) is 9.90 Å². The number of phenols is 1. The maximum atomic E-state index is 12.0. The fourth-order valence-corrected chi connectivity index (χ4v) is 3.21. The summed E-state index contributed by atoms with van der Waals surface area (Å²) in [5.74, 6) is 0.253. The summed E-state index contributed by atoms with van der Waals surface area (Å²) in [4.78, 5) is 16.5. The maximum Gasteiger partial charge on any atom is 0.224 e. The van der Waals surface area contributed by atoms with Crippen molar-refractivity contribution in [2.45, 2.75) is 12.8 Å². The highest BCUT2D eigenvalue weighted by Crippen LogP contribution is 2.28. The molecule has 0 unspecified atom stereocenters. The largest absolute Gasteiger partial charge is 0.504 e. The third kappa shape index (κ3) is 3.60. The minimum absolute atomic E-state index is 0.00327. The maximum absolute atomic E-state index is 12.0. The lowest BCUT2D eigenvalue weighted by molar-refractivity contribution is -0.116. The van der Waals surface area contributed by atoms with Gasteiger partial charge in [-0.1, -0.05) is 12.1 Å². The van der Waals surface area contributed by atoms with Crippen LogP contribution in [0.2, 0.25) is 0 Å². The zero-order valence-corrected chi connectivity index (χ0v) is 13.4. The second kappa shape index (κ2) is 6.66. The summed E-state index contributed by atoms with van der Waals surface area (Å²) in [5.41, 5.74) is 1.51. The van der Waals surface area contributed by atoms with Gasteiger partial charge in [-0.2, -0.15) is 0 Å². The van der Waals surface area contributed by atoms with Crippen LogP contribution in [0.1, 0.15) is 11.4 Å². The summed E-state index contributed by atoms with van der Waals surface area (Å²) < 4.78 is 6.10. The van der Waals surface area contributed by atoms with Crippen molar-refractivity contribution in [2.24, 2.45) is 0 Å². The zero-order valence-electron chi connectivity index (χ0n) is 12.6. The lowest BCUT2D eigenvalue weighted by atomic mass is 10.2. The molecular formula is C17H16N2O3S. The summed E-state index contributed by atoms with van der Waals surface area (Å²) in [6.07, 6.45) is 0.930. The van der Waals surface area contributed by atoms with Crippen LogP contribution in [-0.4, -0.2) is 23.1 Å². The number of benzene rings is 2. The molecule has 2 N–H and O–H groups in total. The molecule has 1 aromatic heterocycles. The van der Waals surface area contributed by atoms with E-state index >= 15 is 0 Å². The number of anilines is 1. The SMILES string of the molecule is COc1ccc(NC(=O)CCc2nc3ccccc3s2)cc1O. The van der Waals surface area contributed by atoms with Crippen molar-refractivity contribution in [2.75, 3.05) is 12.4 Å². The average Bonchev–Trinajstić information content (AvgIpc) is 2.96. The Morgan fingerprint density at radius 1 is 1.30 bits per heavy atom. The number of fused-ring (bicyclic) bond motifs is 1. The number of thiazole rings is 1. The number of rotatable bonds is 5. The van der Waals surface area contributed by atoms with Gasteiger partial charge in [-0.25, -0.2) is 4.98 Å². The number of para-hydroxylation sites is 1. The van der Waals surface area contributed by atoms with E-state index in [0.717, 1.165) is 15.2 Å². The van der Waals surface area contributed by atoms with Gasteiger partial charge in [-0.15, -0.1) is 11.3 Å². The first kappa shape index (κ1) is 15.3. The average molecular weight is 328 g/mol. The van der Waals surface area contributed by atoms with Crippen molar-refractivity contribution in [3.8, 4) is 11.5 Å². The number of nitrogens with one attached hydrogen (secondary N) is 1. The van der Waals surface area contributed by atoms with Crippen molar-refractivity contribution in [3.63, 3.8) is 0 Å². The van der Waals surface area contributed by atoms with Gasteiger partial charge in [0.15, 0.2) is 11.5 Å². The van der Waals surface area contributed by atoms with E-state index < -0.39 is 0 Å². The number of hydrogen-bond acceptors (Lipinski definition) is 5. The molecule has 0 aliphatic rings. The molecule has 3 aromatic rings. The van der Waals surface area contributed by atoms with E-state index in [1.54, 1.807) is 23.5 Å². The summed E-state index contributed by atoms with van der Waals surface area (Å²) in [5, 5.41) is 13.4. The Labute approximate surface area is 137 Å². The number of aromatic nitrogens is 1. The predicted octanol–water partition coefficient (Wildman–Crippen LogP) is 3.58. The van der Waals surface area contributed by atoms with Crippen LogP contribution in [0, 0.1) is 0 Å². The molecule has 6 heteroatoms. The molecule has 5 nitrogen and oxygen atoms in total. The lowest BCUT2D eigenvalue weighted by Crippen LogP contribution is -2.12. The number of ether oxygens (including phenoxy) is 1. The Hall–Kier alpha value is -2.60. The van der Waals surface area contributed by atoms with Crippen LogP contribution in [0.4, 0.5) is 5.69 Å². The van der Waals surface area contributed by atoms with Crippen LogP contribution in [-0.2, 0) is 11.2 Å². The highest BCUT2D eigenvalue weighted by Gasteiger charge is 2.09. The van der Waals surface area contributed by atoms with E-state index in [1.807, 2.05) is 24.3 Å². The molecule has 0 fully saturated rings. The number of nitrogens with zero attached hydrogens (tertiary/aromatic N) is 1. The quantitative estimate of drug-likeness (QED) is 0.751. The number of hydrogen-bond donors (Lipinski definition) is 2. The zero-order chi connectivity index (χ0) is 16.2. The summed E-state index contributed by atoms with van der Waals surface area (Å²) >= 11 is 1.61. The van der Waals surface area contributed by atoms with Crippen LogP contribution in [0.5, 0.6) is 11.5 Å². The minimum atomic E-state index is -0.117. The molecule has 0 radical (unpaired) electrons. The Kier molecular flexibility index (Phi) is 4.43. The van der Waals surface area contributed by atoms with Gasteiger partial charge in [0.25, 0.3) is 0 Å². The van der Waals surface area contributed by atoms with Crippen LogP contribution in [0.25, 0.3) is 10.2 Å². The topological polar surface area (TPSA) is 71.5 Å². The van der Waals surface area contributed by atoms with Gasteiger partial charge in [0.05, 0.1) is 22.3 Å². The van der Waals surface area contributed by atoms with E-state index in [4.69, 9.17) is 4.74 Å². The minimum Gasteiger partial charge on any atom is -0.504 e. The molecule has 1 amide bonds. The van der Waals surface area contributed by atoms with E-state index in [-0.39, 0.29) is 11.7 Å². The number of aryl methyl sites for hydroxylation is 1. The molecule has 0 atom stereocenters. The smallest absolute Gasteiger partial charge is 0.224 e. The van der Waals surface area contributed by atoms with Gasteiger partial charge in [-0.05, 0) is 24.3 Å². The third-order valence-corrected chi connectivity index (χ3v) is 4.46. The van der Waals surface area contributed by atoms with Gasteiger partial charge < -0.3 is 15.2 Å². The first-order valence-corrected chi connectivity index (χ1v) is 7.98. The number of carbonyl (C=O) groups excluding carboxylic acids is 1. The van der Waals surface area contributed by atoms with Crippen LogP contribution in [0.3, 0.4) is 0 Å². The second-order valence-corrected chi connectivity index (χ2v) is 6.13. The Morgan fingerprint density at radius 3 is 2.87 bits per heavy atom. The molecule has 23 heavy (non-hydrogen) atoms.